The third kappa shape index (κ3) is 8.29. The molecular weight excluding hydrogens is 579 g/mol. The van der Waals surface area contributed by atoms with Crippen molar-refractivity contribution in [2.24, 2.45) is 0 Å². The van der Waals surface area contributed by atoms with E-state index in [0.717, 1.165) is 10.5 Å². The standard InChI is InChI=1S/C28H28Cl2N2O9/c1-15(31-19(27(37)38)9-7-16-5-3-2-4-6-16)26(36)32-13-17(11-20(32)28(39)40)12-21(33)18-8-10-22(25(30)24(18)29)41-14-23(34)35/h2-6,8,10,12,15,19-20,31H,7,9,11,13-14H2,1H3,(H,34,35)(H,37,38)(H,39,40)/t15?,19-,20-/m0/s1. The minimum atomic E-state index is -1.28. The minimum Gasteiger partial charge on any atom is -0.480 e. The lowest BCUT2D eigenvalue weighted by Gasteiger charge is -2.27. The molecule has 3 atom stereocenters. The Kier molecular flexibility index (Phi) is 10.9. The second-order valence-electron chi connectivity index (χ2n) is 9.42. The van der Waals surface area contributed by atoms with Gasteiger partial charge >= 0.3 is 17.9 Å². The van der Waals surface area contributed by atoms with E-state index in [9.17, 15) is 34.2 Å². The summed E-state index contributed by atoms with van der Waals surface area (Å²) in [6.07, 6.45) is 1.72. The number of aryl methyl sites for hydroxylation is 1. The molecule has 13 heteroatoms. The first-order valence-corrected chi connectivity index (χ1v) is 13.3. The second-order valence-corrected chi connectivity index (χ2v) is 10.2. The molecule has 4 N–H and O–H groups in total. The molecule has 1 unspecified atom stereocenters. The number of carbonyl (C=O) groups excluding carboxylic acids is 2. The Bertz CT molecular complexity index is 1360. The third-order valence-corrected chi connectivity index (χ3v) is 7.32. The number of ketones is 1. The van der Waals surface area contributed by atoms with Crippen LogP contribution in [0.1, 0.15) is 35.7 Å². The number of aliphatic carboxylic acids is 3. The van der Waals surface area contributed by atoms with Crippen molar-refractivity contribution in [3.63, 3.8) is 0 Å². The summed E-state index contributed by atoms with van der Waals surface area (Å²) in [4.78, 5) is 61.8. The zero-order valence-corrected chi connectivity index (χ0v) is 23.4. The molecule has 0 aromatic heterocycles. The van der Waals surface area contributed by atoms with Crippen molar-refractivity contribution in [1.29, 1.82) is 0 Å². The highest BCUT2D eigenvalue weighted by Gasteiger charge is 2.39. The Labute approximate surface area is 245 Å². The van der Waals surface area contributed by atoms with Crippen LogP contribution in [0.3, 0.4) is 0 Å². The van der Waals surface area contributed by atoms with Gasteiger partial charge in [0.15, 0.2) is 12.4 Å². The van der Waals surface area contributed by atoms with E-state index < -0.39 is 54.3 Å². The molecule has 0 aliphatic carbocycles. The molecule has 1 aliphatic rings. The van der Waals surface area contributed by atoms with Crippen LogP contribution < -0.4 is 10.1 Å². The number of nitrogens with one attached hydrogen (secondary N) is 1. The molecule has 11 nitrogen and oxygen atoms in total. The van der Waals surface area contributed by atoms with Crippen molar-refractivity contribution < 1.29 is 44.0 Å². The summed E-state index contributed by atoms with van der Waals surface area (Å²) in [6, 6.07) is 8.53. The Balaban J connectivity index is 1.72. The number of hydrogen-bond acceptors (Lipinski definition) is 7. The fourth-order valence-corrected chi connectivity index (χ4v) is 4.87. The first kappa shape index (κ1) is 31.6. The number of carbonyl (C=O) groups is 5. The molecule has 1 aliphatic heterocycles. The van der Waals surface area contributed by atoms with Crippen molar-refractivity contribution in [3.8, 4) is 5.75 Å². The molecule has 218 valence electrons. The van der Waals surface area contributed by atoms with Gasteiger partial charge < -0.3 is 25.0 Å². The van der Waals surface area contributed by atoms with Crippen molar-refractivity contribution in [2.45, 2.75) is 44.3 Å². The lowest BCUT2D eigenvalue weighted by Crippen LogP contribution is -2.53. The van der Waals surface area contributed by atoms with Gasteiger partial charge in [-0.15, -0.1) is 0 Å². The van der Waals surface area contributed by atoms with Crippen LogP contribution in [0.5, 0.6) is 5.75 Å². The van der Waals surface area contributed by atoms with Crippen LogP contribution in [-0.2, 0) is 25.6 Å². The van der Waals surface area contributed by atoms with Crippen LogP contribution >= 0.6 is 23.2 Å². The van der Waals surface area contributed by atoms with E-state index >= 15 is 0 Å². The van der Waals surface area contributed by atoms with Gasteiger partial charge in [-0.3, -0.25) is 19.7 Å². The van der Waals surface area contributed by atoms with Gasteiger partial charge in [-0.05, 0) is 49.1 Å². The quantitative estimate of drug-likeness (QED) is 0.196. The minimum absolute atomic E-state index is 0.0266. The molecule has 0 saturated carbocycles. The van der Waals surface area contributed by atoms with Crippen LogP contribution in [0.25, 0.3) is 0 Å². The highest BCUT2D eigenvalue weighted by atomic mass is 35.5. The van der Waals surface area contributed by atoms with Crippen LogP contribution in [0.15, 0.2) is 54.1 Å². The topological polar surface area (TPSA) is 171 Å². The lowest BCUT2D eigenvalue weighted by molar-refractivity contribution is -0.149. The number of nitrogens with zero attached hydrogens (tertiary/aromatic N) is 1. The number of allylic oxidation sites excluding steroid dienone is 1. The van der Waals surface area contributed by atoms with Gasteiger partial charge in [0.25, 0.3) is 0 Å². The normalized spacial score (nSPS) is 17.2. The monoisotopic (exact) mass is 606 g/mol. The summed E-state index contributed by atoms with van der Waals surface area (Å²) < 4.78 is 5.04. The summed E-state index contributed by atoms with van der Waals surface area (Å²) in [5, 5.41) is 30.6. The summed E-state index contributed by atoms with van der Waals surface area (Å²) in [5.41, 5.74) is 1.26. The van der Waals surface area contributed by atoms with Crippen molar-refractivity contribution in [1.82, 2.24) is 10.2 Å². The van der Waals surface area contributed by atoms with Gasteiger partial charge in [0.05, 0.1) is 11.1 Å². The van der Waals surface area contributed by atoms with Crippen LogP contribution in [0.2, 0.25) is 10.0 Å². The van der Waals surface area contributed by atoms with E-state index in [1.165, 1.54) is 25.1 Å². The van der Waals surface area contributed by atoms with E-state index in [2.05, 4.69) is 5.32 Å². The predicted molar refractivity (Wildman–Crippen MR) is 149 cm³/mol. The summed E-state index contributed by atoms with van der Waals surface area (Å²) in [6.45, 7) is 0.629. The molecule has 1 heterocycles. The molecule has 41 heavy (non-hydrogen) atoms. The van der Waals surface area contributed by atoms with Crippen molar-refractivity contribution in [2.75, 3.05) is 13.2 Å². The zero-order valence-electron chi connectivity index (χ0n) is 21.9. The number of carboxylic acids is 3. The number of rotatable bonds is 13. The van der Waals surface area contributed by atoms with Gasteiger partial charge in [0.2, 0.25) is 5.91 Å². The number of halogens is 2. The number of hydrogen-bond donors (Lipinski definition) is 4. The average molecular weight is 607 g/mol. The Morgan fingerprint density at radius 2 is 1.73 bits per heavy atom. The maximum Gasteiger partial charge on any atom is 0.341 e. The molecule has 2 aromatic rings. The Morgan fingerprint density at radius 3 is 2.34 bits per heavy atom. The van der Waals surface area contributed by atoms with Crippen LogP contribution in [0.4, 0.5) is 0 Å². The second kappa shape index (κ2) is 14.1. The van der Waals surface area contributed by atoms with Gasteiger partial charge in [-0.2, -0.15) is 0 Å². The largest absolute Gasteiger partial charge is 0.480 e. The van der Waals surface area contributed by atoms with E-state index in [4.69, 9.17) is 33.0 Å². The Morgan fingerprint density at radius 1 is 1.05 bits per heavy atom. The van der Waals surface area contributed by atoms with E-state index in [-0.39, 0.29) is 40.7 Å². The lowest BCUT2D eigenvalue weighted by atomic mass is 10.0. The van der Waals surface area contributed by atoms with Crippen LogP contribution in [-0.4, -0.2) is 81.1 Å². The predicted octanol–water partition coefficient (Wildman–Crippen LogP) is 3.32. The number of carboxylic acid groups (broad SMARTS) is 3. The summed E-state index contributed by atoms with van der Waals surface area (Å²) >= 11 is 12.3. The highest BCUT2D eigenvalue weighted by molar-refractivity contribution is 6.45. The first-order valence-electron chi connectivity index (χ1n) is 12.5. The maximum absolute atomic E-state index is 13.2. The number of likely N-dealkylation sites (tertiary alicyclic amines) is 1. The number of ether oxygens (including phenoxy) is 1. The molecule has 2 aromatic carbocycles. The fourth-order valence-electron chi connectivity index (χ4n) is 4.40. The van der Waals surface area contributed by atoms with Crippen molar-refractivity contribution >= 4 is 52.8 Å². The van der Waals surface area contributed by atoms with Gasteiger partial charge in [0.1, 0.15) is 22.9 Å². The highest BCUT2D eigenvalue weighted by Crippen LogP contribution is 2.35. The molecule has 0 bridgehead atoms. The summed E-state index contributed by atoms with van der Waals surface area (Å²) in [7, 11) is 0. The maximum atomic E-state index is 13.2. The average Bonchev–Trinajstić information content (AvgIpc) is 3.35. The van der Waals surface area contributed by atoms with E-state index in [1.54, 1.807) is 0 Å². The van der Waals surface area contributed by atoms with E-state index in [1.807, 2.05) is 30.3 Å². The zero-order chi connectivity index (χ0) is 30.3. The number of amides is 1. The van der Waals surface area contributed by atoms with Crippen molar-refractivity contribution in [3.05, 3.63) is 75.3 Å². The number of benzene rings is 2. The third-order valence-electron chi connectivity index (χ3n) is 6.46. The first-order chi connectivity index (χ1) is 19.4. The van der Waals surface area contributed by atoms with E-state index in [0.29, 0.717) is 12.0 Å². The SMILES string of the molecule is CC(N[C@@H](CCc1ccccc1)C(=O)O)C(=O)N1CC(=CC(=O)c2ccc(OCC(=O)O)c(Cl)c2Cl)C[C@H]1C(=O)O. The smallest absolute Gasteiger partial charge is 0.341 e. The Hall–Kier alpha value is -3.93. The molecule has 1 fully saturated rings. The van der Waals surface area contributed by atoms with Gasteiger partial charge in [-0.1, -0.05) is 53.5 Å². The van der Waals surface area contributed by atoms with Crippen LogP contribution in [0, 0.1) is 0 Å². The fraction of sp³-hybridized carbons (Fsp3) is 0.321. The molecule has 0 radical (unpaired) electrons. The molecule has 3 rings (SSSR count). The molecule has 1 amide bonds. The molecule has 1 saturated heterocycles. The van der Waals surface area contributed by atoms with Gasteiger partial charge in [0, 0.05) is 18.5 Å². The molecule has 0 spiro atoms. The summed E-state index contributed by atoms with van der Waals surface area (Å²) in [5.74, 6) is -4.91. The molecular formula is C28H28Cl2N2O9. The van der Waals surface area contributed by atoms with Gasteiger partial charge in [-0.25, -0.2) is 9.59 Å².